The summed E-state index contributed by atoms with van der Waals surface area (Å²) >= 11 is 0. The molecular formula is C29H31N3O6. The Morgan fingerprint density at radius 1 is 0.895 bits per heavy atom. The lowest BCUT2D eigenvalue weighted by Gasteiger charge is -2.34. The van der Waals surface area contributed by atoms with Crippen LogP contribution < -0.4 is 10.1 Å². The number of amides is 2. The summed E-state index contributed by atoms with van der Waals surface area (Å²) in [6, 6.07) is 19.1. The van der Waals surface area contributed by atoms with Gasteiger partial charge >= 0.3 is 5.97 Å². The van der Waals surface area contributed by atoms with Gasteiger partial charge in [-0.05, 0) is 41.5 Å². The van der Waals surface area contributed by atoms with E-state index in [2.05, 4.69) is 10.2 Å². The van der Waals surface area contributed by atoms with Crippen molar-refractivity contribution in [1.29, 1.82) is 0 Å². The molecule has 198 valence electrons. The Kier molecular flexibility index (Phi) is 8.60. The third-order valence-corrected chi connectivity index (χ3v) is 6.49. The molecule has 38 heavy (non-hydrogen) atoms. The second-order valence-corrected chi connectivity index (χ2v) is 8.95. The molecule has 3 aromatic carbocycles. The second-order valence-electron chi connectivity index (χ2n) is 8.95. The monoisotopic (exact) mass is 517 g/mol. The molecule has 1 fully saturated rings. The first-order valence-corrected chi connectivity index (χ1v) is 12.4. The van der Waals surface area contributed by atoms with Gasteiger partial charge < -0.3 is 24.8 Å². The lowest BCUT2D eigenvalue weighted by molar-refractivity contribution is -0.130. The van der Waals surface area contributed by atoms with Crippen molar-refractivity contribution in [3.05, 3.63) is 77.9 Å². The van der Waals surface area contributed by atoms with Crippen LogP contribution in [-0.2, 0) is 9.53 Å². The van der Waals surface area contributed by atoms with Gasteiger partial charge in [0, 0.05) is 39.6 Å². The van der Waals surface area contributed by atoms with E-state index in [1.165, 1.54) is 19.2 Å². The van der Waals surface area contributed by atoms with Crippen LogP contribution in [0, 0.1) is 0 Å². The lowest BCUT2D eigenvalue weighted by atomic mass is 10.0. The minimum atomic E-state index is -0.594. The minimum Gasteiger partial charge on any atom is -0.507 e. The Labute approximate surface area is 221 Å². The van der Waals surface area contributed by atoms with Crippen molar-refractivity contribution < 1.29 is 29.0 Å². The Hall–Kier alpha value is -4.37. The number of hydrogen-bond donors (Lipinski definition) is 2. The highest BCUT2D eigenvalue weighted by molar-refractivity contribution is 6.10. The fourth-order valence-electron chi connectivity index (χ4n) is 4.30. The van der Waals surface area contributed by atoms with Crippen LogP contribution in [0.15, 0.2) is 66.7 Å². The van der Waals surface area contributed by atoms with Gasteiger partial charge in [-0.1, -0.05) is 36.4 Å². The number of rotatable bonds is 8. The number of nitrogens with zero attached hydrogens (tertiary/aromatic N) is 2. The first-order valence-electron chi connectivity index (χ1n) is 12.4. The van der Waals surface area contributed by atoms with Crippen molar-refractivity contribution in [2.24, 2.45) is 0 Å². The molecule has 0 saturated carbocycles. The van der Waals surface area contributed by atoms with Gasteiger partial charge in [-0.3, -0.25) is 14.5 Å². The zero-order valence-electron chi connectivity index (χ0n) is 21.5. The zero-order chi connectivity index (χ0) is 27.1. The number of carbonyl (C=O) groups is 3. The van der Waals surface area contributed by atoms with Gasteiger partial charge in [0.15, 0.2) is 0 Å². The average molecular weight is 518 g/mol. The van der Waals surface area contributed by atoms with E-state index in [1.807, 2.05) is 35.2 Å². The number of ether oxygens (including phenoxy) is 2. The lowest BCUT2D eigenvalue weighted by Crippen LogP contribution is -2.48. The van der Waals surface area contributed by atoms with Crippen molar-refractivity contribution in [3.63, 3.8) is 0 Å². The molecule has 3 aromatic rings. The van der Waals surface area contributed by atoms with E-state index in [9.17, 15) is 19.5 Å². The molecular weight excluding hydrogens is 486 g/mol. The molecule has 4 rings (SSSR count). The molecule has 1 aliphatic heterocycles. The van der Waals surface area contributed by atoms with Crippen LogP contribution >= 0.6 is 0 Å². The highest BCUT2D eigenvalue weighted by atomic mass is 16.5. The summed E-state index contributed by atoms with van der Waals surface area (Å²) in [5.41, 5.74) is 2.19. The fourth-order valence-corrected chi connectivity index (χ4v) is 4.30. The number of benzene rings is 3. The Balaban J connectivity index is 1.45. The van der Waals surface area contributed by atoms with E-state index in [0.29, 0.717) is 32.0 Å². The molecule has 2 N–H and O–H groups in total. The van der Waals surface area contributed by atoms with Crippen molar-refractivity contribution in [3.8, 4) is 22.6 Å². The SMILES string of the molecule is COC(=O)c1ccc(-c2ccccc2)cc1NC(=O)c1cc(OCCN2CCN(C(C)=O)CC2)ccc1O. The maximum absolute atomic E-state index is 13.2. The standard InChI is InChI=1S/C29H31N3O6/c1-20(33)32-14-12-31(13-15-32)16-17-38-23-9-11-27(34)25(19-23)28(35)30-26-18-22(21-6-4-3-5-7-21)8-10-24(26)29(36)37-2/h3-11,18-19,34H,12-17H2,1-2H3,(H,30,35). The van der Waals surface area contributed by atoms with E-state index in [-0.39, 0.29) is 28.5 Å². The first-order chi connectivity index (χ1) is 18.4. The number of phenolic OH excluding ortho intramolecular Hbond substituents is 1. The molecule has 1 heterocycles. The minimum absolute atomic E-state index is 0.0125. The van der Waals surface area contributed by atoms with Crippen molar-refractivity contribution >= 4 is 23.5 Å². The summed E-state index contributed by atoms with van der Waals surface area (Å²) in [5, 5.41) is 13.1. The third-order valence-electron chi connectivity index (χ3n) is 6.49. The van der Waals surface area contributed by atoms with Gasteiger partial charge in [-0.2, -0.15) is 0 Å². The van der Waals surface area contributed by atoms with E-state index < -0.39 is 11.9 Å². The predicted octanol–water partition coefficient (Wildman–Crippen LogP) is 3.64. The summed E-state index contributed by atoms with van der Waals surface area (Å²) in [7, 11) is 1.27. The van der Waals surface area contributed by atoms with Crippen molar-refractivity contribution in [2.75, 3.05) is 51.8 Å². The zero-order valence-corrected chi connectivity index (χ0v) is 21.5. The number of esters is 1. The fraction of sp³-hybridized carbons (Fsp3) is 0.276. The van der Waals surface area contributed by atoms with Gasteiger partial charge in [0.05, 0.1) is 23.9 Å². The molecule has 2 amide bonds. The molecule has 0 radical (unpaired) electrons. The highest BCUT2D eigenvalue weighted by Crippen LogP contribution is 2.29. The topological polar surface area (TPSA) is 108 Å². The molecule has 0 atom stereocenters. The maximum atomic E-state index is 13.2. The molecule has 0 bridgehead atoms. The average Bonchev–Trinajstić information content (AvgIpc) is 2.94. The summed E-state index contributed by atoms with van der Waals surface area (Å²) in [6.45, 7) is 5.57. The maximum Gasteiger partial charge on any atom is 0.339 e. The van der Waals surface area contributed by atoms with E-state index in [1.54, 1.807) is 31.2 Å². The normalized spacial score (nSPS) is 13.6. The number of anilines is 1. The number of phenols is 1. The van der Waals surface area contributed by atoms with Crippen LogP contribution in [0.25, 0.3) is 11.1 Å². The van der Waals surface area contributed by atoms with Crippen LogP contribution in [0.3, 0.4) is 0 Å². The van der Waals surface area contributed by atoms with E-state index in [4.69, 9.17) is 9.47 Å². The van der Waals surface area contributed by atoms with Gasteiger partial charge in [0.25, 0.3) is 5.91 Å². The number of hydrogen-bond acceptors (Lipinski definition) is 7. The smallest absolute Gasteiger partial charge is 0.339 e. The molecule has 9 nitrogen and oxygen atoms in total. The first kappa shape index (κ1) is 26.7. The molecule has 1 aliphatic rings. The number of methoxy groups -OCH3 is 1. The van der Waals surface area contributed by atoms with Gasteiger partial charge in [-0.15, -0.1) is 0 Å². The summed E-state index contributed by atoms with van der Waals surface area (Å²) in [5.74, 6) is -0.883. The van der Waals surface area contributed by atoms with E-state index >= 15 is 0 Å². The molecule has 0 aliphatic carbocycles. The summed E-state index contributed by atoms with van der Waals surface area (Å²) in [4.78, 5) is 41.1. The van der Waals surface area contributed by atoms with Crippen molar-refractivity contribution in [2.45, 2.75) is 6.92 Å². The summed E-state index contributed by atoms with van der Waals surface area (Å²) < 4.78 is 10.7. The van der Waals surface area contributed by atoms with Crippen molar-refractivity contribution in [1.82, 2.24) is 9.80 Å². The number of nitrogens with one attached hydrogen (secondary N) is 1. The quantitative estimate of drug-likeness (QED) is 0.439. The second kappa shape index (κ2) is 12.2. The number of carbonyl (C=O) groups excluding carboxylic acids is 3. The van der Waals surface area contributed by atoms with Crippen LogP contribution in [0.1, 0.15) is 27.6 Å². The molecule has 0 spiro atoms. The molecule has 9 heteroatoms. The van der Waals surface area contributed by atoms with Gasteiger partial charge in [0.2, 0.25) is 5.91 Å². The molecule has 1 saturated heterocycles. The largest absolute Gasteiger partial charge is 0.507 e. The summed E-state index contributed by atoms with van der Waals surface area (Å²) in [6.07, 6.45) is 0. The molecule has 0 unspecified atom stereocenters. The third kappa shape index (κ3) is 6.49. The van der Waals surface area contributed by atoms with Crippen LogP contribution in [0.5, 0.6) is 11.5 Å². The highest BCUT2D eigenvalue weighted by Gasteiger charge is 2.20. The van der Waals surface area contributed by atoms with Crippen LogP contribution in [-0.4, -0.2) is 79.1 Å². The van der Waals surface area contributed by atoms with E-state index in [0.717, 1.165) is 24.2 Å². The van der Waals surface area contributed by atoms with Gasteiger partial charge in [-0.25, -0.2) is 4.79 Å². The van der Waals surface area contributed by atoms with Crippen LogP contribution in [0.2, 0.25) is 0 Å². The Bertz CT molecular complexity index is 1300. The molecule has 0 aromatic heterocycles. The predicted molar refractivity (Wildman–Crippen MR) is 143 cm³/mol. The number of aromatic hydroxyl groups is 1. The van der Waals surface area contributed by atoms with Gasteiger partial charge in [0.1, 0.15) is 18.1 Å². The van der Waals surface area contributed by atoms with Crippen LogP contribution in [0.4, 0.5) is 5.69 Å². The Morgan fingerprint density at radius 3 is 2.32 bits per heavy atom. The number of piperazine rings is 1. The Morgan fingerprint density at radius 2 is 1.63 bits per heavy atom.